The van der Waals surface area contributed by atoms with Gasteiger partial charge in [0.15, 0.2) is 0 Å². The van der Waals surface area contributed by atoms with E-state index in [2.05, 4.69) is 17.2 Å². The summed E-state index contributed by atoms with van der Waals surface area (Å²) in [5, 5.41) is 3.05. The molecular weight excluding hydrogens is 236 g/mol. The third-order valence-electron chi connectivity index (χ3n) is 2.98. The smallest absolute Gasteiger partial charge is 0.270 e. The summed E-state index contributed by atoms with van der Waals surface area (Å²) in [6.07, 6.45) is 3.57. The van der Waals surface area contributed by atoms with Crippen LogP contribution in [0.3, 0.4) is 0 Å². The number of hydrogen-bond donors (Lipinski definition) is 1. The van der Waals surface area contributed by atoms with Crippen LogP contribution in [0.25, 0.3) is 0 Å². The van der Waals surface area contributed by atoms with Gasteiger partial charge in [0, 0.05) is 6.20 Å². The van der Waals surface area contributed by atoms with Crippen LogP contribution in [0.2, 0.25) is 0 Å². The van der Waals surface area contributed by atoms with Crippen molar-refractivity contribution in [2.45, 2.75) is 25.8 Å². The lowest BCUT2D eigenvalue weighted by atomic mass is 10.0. The number of carbonyl (C=O) groups excluding carboxylic acids is 1. The van der Waals surface area contributed by atoms with Crippen LogP contribution in [0.4, 0.5) is 0 Å². The quantitative estimate of drug-likeness (QED) is 0.889. The van der Waals surface area contributed by atoms with E-state index >= 15 is 0 Å². The Morgan fingerprint density at radius 1 is 1.16 bits per heavy atom. The molecule has 0 fully saturated rings. The van der Waals surface area contributed by atoms with Crippen molar-refractivity contribution in [3.63, 3.8) is 0 Å². The highest BCUT2D eigenvalue weighted by Crippen LogP contribution is 2.18. The van der Waals surface area contributed by atoms with Crippen molar-refractivity contribution in [3.05, 3.63) is 66.0 Å². The van der Waals surface area contributed by atoms with Gasteiger partial charge in [-0.1, -0.05) is 49.7 Å². The van der Waals surface area contributed by atoms with Gasteiger partial charge in [-0.2, -0.15) is 0 Å². The van der Waals surface area contributed by atoms with Crippen molar-refractivity contribution >= 4 is 5.91 Å². The minimum Gasteiger partial charge on any atom is -0.344 e. The molecule has 0 aliphatic rings. The molecule has 98 valence electrons. The zero-order chi connectivity index (χ0) is 13.5. The van der Waals surface area contributed by atoms with E-state index in [1.54, 1.807) is 18.3 Å². The van der Waals surface area contributed by atoms with Crippen LogP contribution in [0.15, 0.2) is 54.7 Å². The Morgan fingerprint density at radius 2 is 1.89 bits per heavy atom. The van der Waals surface area contributed by atoms with Gasteiger partial charge in [0.25, 0.3) is 5.91 Å². The number of nitrogens with zero attached hydrogens (tertiary/aromatic N) is 1. The molecule has 0 bridgehead atoms. The molecule has 1 N–H and O–H groups in total. The topological polar surface area (TPSA) is 42.0 Å². The van der Waals surface area contributed by atoms with Crippen molar-refractivity contribution in [1.82, 2.24) is 10.3 Å². The first-order valence-electron chi connectivity index (χ1n) is 6.58. The Morgan fingerprint density at radius 3 is 2.53 bits per heavy atom. The highest BCUT2D eigenvalue weighted by atomic mass is 16.1. The standard InChI is InChI=1S/C16H18N2O/c1-2-8-14(13-9-4-3-5-10-13)18-16(19)15-11-6-7-12-17-15/h3-7,9-12,14H,2,8H2,1H3,(H,18,19). The van der Waals surface area contributed by atoms with Crippen molar-refractivity contribution < 1.29 is 4.79 Å². The first kappa shape index (κ1) is 13.3. The molecule has 1 heterocycles. The zero-order valence-corrected chi connectivity index (χ0v) is 11.0. The fraction of sp³-hybridized carbons (Fsp3) is 0.250. The van der Waals surface area contributed by atoms with Gasteiger partial charge in [0.2, 0.25) is 0 Å². The molecule has 1 amide bonds. The maximum Gasteiger partial charge on any atom is 0.270 e. The molecule has 0 radical (unpaired) electrons. The van der Waals surface area contributed by atoms with Crippen molar-refractivity contribution in [2.75, 3.05) is 0 Å². The molecule has 0 spiro atoms. The number of amides is 1. The summed E-state index contributed by atoms with van der Waals surface area (Å²) in [5.74, 6) is -0.122. The second-order valence-electron chi connectivity index (χ2n) is 4.44. The number of rotatable bonds is 5. The first-order chi connectivity index (χ1) is 9.31. The minimum absolute atomic E-state index is 0.0423. The molecular formula is C16H18N2O. The fourth-order valence-corrected chi connectivity index (χ4v) is 2.03. The van der Waals surface area contributed by atoms with Gasteiger partial charge in [0.05, 0.1) is 6.04 Å². The number of nitrogens with one attached hydrogen (secondary N) is 1. The van der Waals surface area contributed by atoms with Gasteiger partial charge in [-0.25, -0.2) is 0 Å². The highest BCUT2D eigenvalue weighted by molar-refractivity contribution is 5.92. The average Bonchev–Trinajstić information content (AvgIpc) is 2.48. The molecule has 0 saturated carbocycles. The van der Waals surface area contributed by atoms with E-state index in [4.69, 9.17) is 0 Å². The number of aromatic nitrogens is 1. The summed E-state index contributed by atoms with van der Waals surface area (Å²) in [4.78, 5) is 16.2. The lowest BCUT2D eigenvalue weighted by molar-refractivity contribution is 0.0929. The molecule has 0 aliphatic heterocycles. The highest BCUT2D eigenvalue weighted by Gasteiger charge is 2.15. The lowest BCUT2D eigenvalue weighted by Crippen LogP contribution is -2.29. The van der Waals surface area contributed by atoms with Crippen LogP contribution < -0.4 is 5.32 Å². The monoisotopic (exact) mass is 254 g/mol. The number of carbonyl (C=O) groups is 1. The predicted octanol–water partition coefficient (Wildman–Crippen LogP) is 3.35. The molecule has 1 aromatic carbocycles. The summed E-state index contributed by atoms with van der Waals surface area (Å²) >= 11 is 0. The van der Waals surface area contributed by atoms with E-state index in [0.717, 1.165) is 18.4 Å². The Labute approximate surface area is 113 Å². The average molecular weight is 254 g/mol. The zero-order valence-electron chi connectivity index (χ0n) is 11.0. The second kappa shape index (κ2) is 6.69. The lowest BCUT2D eigenvalue weighted by Gasteiger charge is -2.18. The van der Waals surface area contributed by atoms with E-state index in [-0.39, 0.29) is 11.9 Å². The van der Waals surface area contributed by atoms with Gasteiger partial charge in [-0.15, -0.1) is 0 Å². The normalized spacial score (nSPS) is 11.8. The van der Waals surface area contributed by atoms with Crippen LogP contribution in [-0.4, -0.2) is 10.9 Å². The van der Waals surface area contributed by atoms with E-state index in [1.165, 1.54) is 0 Å². The van der Waals surface area contributed by atoms with Crippen LogP contribution in [0.5, 0.6) is 0 Å². The summed E-state index contributed by atoms with van der Waals surface area (Å²) in [7, 11) is 0. The van der Waals surface area contributed by atoms with Crippen LogP contribution >= 0.6 is 0 Å². The minimum atomic E-state index is -0.122. The Balaban J connectivity index is 2.11. The van der Waals surface area contributed by atoms with E-state index in [9.17, 15) is 4.79 Å². The maximum absolute atomic E-state index is 12.1. The fourth-order valence-electron chi connectivity index (χ4n) is 2.03. The van der Waals surface area contributed by atoms with Crippen LogP contribution in [0.1, 0.15) is 41.9 Å². The predicted molar refractivity (Wildman–Crippen MR) is 75.8 cm³/mol. The largest absolute Gasteiger partial charge is 0.344 e. The Kier molecular flexibility index (Phi) is 4.67. The molecule has 2 rings (SSSR count). The van der Waals surface area contributed by atoms with Crippen molar-refractivity contribution in [3.8, 4) is 0 Å². The summed E-state index contributed by atoms with van der Waals surface area (Å²) in [5.41, 5.74) is 1.59. The molecule has 0 saturated heterocycles. The van der Waals surface area contributed by atoms with Gasteiger partial charge in [-0.3, -0.25) is 9.78 Å². The Bertz CT molecular complexity index is 511. The summed E-state index contributed by atoms with van der Waals surface area (Å²) < 4.78 is 0. The van der Waals surface area contributed by atoms with Crippen molar-refractivity contribution in [2.24, 2.45) is 0 Å². The molecule has 0 aliphatic carbocycles. The molecule has 1 aromatic heterocycles. The van der Waals surface area contributed by atoms with Crippen molar-refractivity contribution in [1.29, 1.82) is 0 Å². The first-order valence-corrected chi connectivity index (χ1v) is 6.58. The SMILES string of the molecule is CCCC(NC(=O)c1ccccn1)c1ccccc1. The van der Waals surface area contributed by atoms with E-state index < -0.39 is 0 Å². The molecule has 2 aromatic rings. The number of pyridine rings is 1. The van der Waals surface area contributed by atoms with Gasteiger partial charge < -0.3 is 5.32 Å². The third-order valence-corrected chi connectivity index (χ3v) is 2.98. The Hall–Kier alpha value is -2.16. The second-order valence-corrected chi connectivity index (χ2v) is 4.44. The summed E-state index contributed by atoms with van der Waals surface area (Å²) in [6, 6.07) is 15.4. The van der Waals surface area contributed by atoms with E-state index in [0.29, 0.717) is 5.69 Å². The van der Waals surface area contributed by atoms with Gasteiger partial charge in [-0.05, 0) is 24.1 Å². The molecule has 3 heteroatoms. The van der Waals surface area contributed by atoms with E-state index in [1.807, 2.05) is 36.4 Å². The maximum atomic E-state index is 12.1. The molecule has 19 heavy (non-hydrogen) atoms. The van der Waals surface area contributed by atoms with Crippen LogP contribution in [0, 0.1) is 0 Å². The number of benzene rings is 1. The molecule has 1 atom stereocenters. The third kappa shape index (κ3) is 3.65. The van der Waals surface area contributed by atoms with Gasteiger partial charge >= 0.3 is 0 Å². The number of hydrogen-bond acceptors (Lipinski definition) is 2. The van der Waals surface area contributed by atoms with Crippen LogP contribution in [-0.2, 0) is 0 Å². The summed E-state index contributed by atoms with van der Waals surface area (Å²) in [6.45, 7) is 2.11. The van der Waals surface area contributed by atoms with Gasteiger partial charge in [0.1, 0.15) is 5.69 Å². The molecule has 1 unspecified atom stereocenters. The molecule has 3 nitrogen and oxygen atoms in total.